The number of rotatable bonds is 6. The molecule has 0 unspecified atom stereocenters. The molecule has 0 spiro atoms. The van der Waals surface area contributed by atoms with Gasteiger partial charge in [0, 0.05) is 19.6 Å². The van der Waals surface area contributed by atoms with Gasteiger partial charge in [0.25, 0.3) is 0 Å². The van der Waals surface area contributed by atoms with Crippen LogP contribution in [-0.2, 0) is 16.6 Å². The van der Waals surface area contributed by atoms with E-state index in [4.69, 9.17) is 0 Å². The molecule has 10 heteroatoms. The van der Waals surface area contributed by atoms with Gasteiger partial charge in [-0.05, 0) is 19.8 Å². The standard InChI is InChI=1S/C11H17F3N4O2S/c1-7-10(9(17-16-7)5-15-8-3-4-8)21(19,20)18(2)6-11(12,13)14/h8,15H,3-6H2,1-2H3,(H,16,17). The molecule has 0 radical (unpaired) electrons. The van der Waals surface area contributed by atoms with Crippen LogP contribution >= 0.6 is 0 Å². The first kappa shape index (κ1) is 16.2. The molecule has 1 aliphatic carbocycles. The minimum absolute atomic E-state index is 0.178. The number of aromatic nitrogens is 2. The van der Waals surface area contributed by atoms with E-state index < -0.39 is 22.7 Å². The zero-order valence-corrected chi connectivity index (χ0v) is 12.5. The number of nitrogens with one attached hydrogen (secondary N) is 2. The lowest BCUT2D eigenvalue weighted by Gasteiger charge is -2.19. The lowest BCUT2D eigenvalue weighted by atomic mass is 10.3. The SMILES string of the molecule is Cc1[nH]nc(CNC2CC2)c1S(=O)(=O)N(C)CC(F)(F)F. The zero-order valence-electron chi connectivity index (χ0n) is 11.7. The maximum absolute atomic E-state index is 12.4. The highest BCUT2D eigenvalue weighted by atomic mass is 32.2. The predicted molar refractivity (Wildman–Crippen MR) is 69.1 cm³/mol. The van der Waals surface area contributed by atoms with E-state index in [2.05, 4.69) is 15.5 Å². The summed E-state index contributed by atoms with van der Waals surface area (Å²) in [4.78, 5) is -0.178. The molecule has 1 aliphatic rings. The molecule has 0 bridgehead atoms. The quantitative estimate of drug-likeness (QED) is 0.822. The van der Waals surface area contributed by atoms with E-state index in [0.29, 0.717) is 10.3 Å². The van der Waals surface area contributed by atoms with Gasteiger partial charge in [0.05, 0.1) is 11.4 Å². The Bertz CT molecular complexity index is 607. The van der Waals surface area contributed by atoms with Crippen LogP contribution in [0, 0.1) is 6.92 Å². The molecular formula is C11H17F3N4O2S. The van der Waals surface area contributed by atoms with Crippen molar-refractivity contribution in [1.82, 2.24) is 19.8 Å². The maximum Gasteiger partial charge on any atom is 0.402 e. The van der Waals surface area contributed by atoms with Gasteiger partial charge in [-0.3, -0.25) is 5.10 Å². The first-order valence-electron chi connectivity index (χ1n) is 6.41. The van der Waals surface area contributed by atoms with Crippen molar-refractivity contribution in [2.45, 2.75) is 43.4 Å². The van der Waals surface area contributed by atoms with E-state index >= 15 is 0 Å². The van der Waals surface area contributed by atoms with Crippen LogP contribution in [0.15, 0.2) is 4.90 Å². The van der Waals surface area contributed by atoms with Gasteiger partial charge in [-0.15, -0.1) is 0 Å². The largest absolute Gasteiger partial charge is 0.402 e. The van der Waals surface area contributed by atoms with E-state index in [9.17, 15) is 21.6 Å². The van der Waals surface area contributed by atoms with Gasteiger partial charge in [0.15, 0.2) is 0 Å². The Hall–Kier alpha value is -1.13. The van der Waals surface area contributed by atoms with Gasteiger partial charge in [0.1, 0.15) is 11.4 Å². The van der Waals surface area contributed by atoms with Gasteiger partial charge in [0.2, 0.25) is 10.0 Å². The minimum atomic E-state index is -4.59. The topological polar surface area (TPSA) is 78.1 Å². The summed E-state index contributed by atoms with van der Waals surface area (Å²) in [5.74, 6) is 0. The third-order valence-electron chi connectivity index (χ3n) is 3.17. The molecule has 0 atom stereocenters. The van der Waals surface area contributed by atoms with Crippen LogP contribution in [0.3, 0.4) is 0 Å². The van der Waals surface area contributed by atoms with E-state index in [-0.39, 0.29) is 22.8 Å². The van der Waals surface area contributed by atoms with Gasteiger partial charge in [-0.2, -0.15) is 22.6 Å². The number of hydrogen-bond donors (Lipinski definition) is 2. The number of H-pyrrole nitrogens is 1. The average molecular weight is 326 g/mol. The van der Waals surface area contributed by atoms with Crippen LogP contribution in [-0.4, -0.2) is 48.7 Å². The Morgan fingerprint density at radius 2 is 2.05 bits per heavy atom. The fourth-order valence-electron chi connectivity index (χ4n) is 1.95. The fraction of sp³-hybridized carbons (Fsp3) is 0.727. The number of aryl methyl sites for hydroxylation is 1. The van der Waals surface area contributed by atoms with Gasteiger partial charge in [-0.1, -0.05) is 0 Å². The Morgan fingerprint density at radius 1 is 1.43 bits per heavy atom. The first-order valence-corrected chi connectivity index (χ1v) is 7.85. The number of alkyl halides is 3. The third-order valence-corrected chi connectivity index (χ3v) is 5.17. The van der Waals surface area contributed by atoms with Crippen LogP contribution < -0.4 is 5.32 Å². The van der Waals surface area contributed by atoms with Crippen LogP contribution in [0.25, 0.3) is 0 Å². The molecular weight excluding hydrogens is 309 g/mol. The molecule has 21 heavy (non-hydrogen) atoms. The highest BCUT2D eigenvalue weighted by Crippen LogP contribution is 2.26. The van der Waals surface area contributed by atoms with Crippen LogP contribution in [0.4, 0.5) is 13.2 Å². The Kier molecular flexibility index (Phi) is 4.31. The highest BCUT2D eigenvalue weighted by molar-refractivity contribution is 7.89. The fourth-order valence-corrected chi connectivity index (χ4v) is 3.43. The van der Waals surface area contributed by atoms with Gasteiger partial charge < -0.3 is 5.32 Å². The van der Waals surface area contributed by atoms with E-state index in [0.717, 1.165) is 19.9 Å². The number of sulfonamides is 1. The molecule has 1 heterocycles. The summed E-state index contributed by atoms with van der Waals surface area (Å²) in [6.45, 7) is 0.154. The number of nitrogens with zero attached hydrogens (tertiary/aromatic N) is 2. The molecule has 1 fully saturated rings. The van der Waals surface area contributed by atoms with E-state index in [1.54, 1.807) is 0 Å². The highest BCUT2D eigenvalue weighted by Gasteiger charge is 2.37. The van der Waals surface area contributed by atoms with Gasteiger partial charge >= 0.3 is 6.18 Å². The monoisotopic (exact) mass is 326 g/mol. The molecule has 0 aliphatic heterocycles. The minimum Gasteiger partial charge on any atom is -0.308 e. The molecule has 0 amide bonds. The van der Waals surface area contributed by atoms with Crippen molar-refractivity contribution in [3.05, 3.63) is 11.4 Å². The van der Waals surface area contributed by atoms with Crippen molar-refractivity contribution < 1.29 is 21.6 Å². The third kappa shape index (κ3) is 3.95. The predicted octanol–water partition coefficient (Wildman–Crippen LogP) is 1.15. The normalized spacial score (nSPS) is 16.7. The van der Waals surface area contributed by atoms with Crippen molar-refractivity contribution in [1.29, 1.82) is 0 Å². The summed E-state index contributed by atoms with van der Waals surface area (Å²) in [5.41, 5.74) is 0.449. The molecule has 2 N–H and O–H groups in total. The number of halogens is 3. The van der Waals surface area contributed by atoms with Crippen LogP contribution in [0.2, 0.25) is 0 Å². The van der Waals surface area contributed by atoms with E-state index in [1.165, 1.54) is 6.92 Å². The first-order chi connectivity index (χ1) is 9.61. The lowest BCUT2D eigenvalue weighted by Crippen LogP contribution is -2.36. The van der Waals surface area contributed by atoms with E-state index in [1.807, 2.05) is 0 Å². The van der Waals surface area contributed by atoms with Crippen molar-refractivity contribution in [2.75, 3.05) is 13.6 Å². The molecule has 1 aromatic rings. The molecule has 2 rings (SSSR count). The molecule has 6 nitrogen and oxygen atoms in total. The van der Waals surface area contributed by atoms with Crippen molar-refractivity contribution in [2.24, 2.45) is 0 Å². The average Bonchev–Trinajstić information content (AvgIpc) is 3.07. The summed E-state index contributed by atoms with van der Waals surface area (Å²) in [6.07, 6.45) is -2.56. The van der Waals surface area contributed by atoms with Crippen molar-refractivity contribution in [3.8, 4) is 0 Å². The summed E-state index contributed by atoms with van der Waals surface area (Å²) >= 11 is 0. The molecule has 1 saturated carbocycles. The Labute approximate surface area is 120 Å². The Morgan fingerprint density at radius 3 is 2.57 bits per heavy atom. The maximum atomic E-state index is 12.4. The zero-order chi connectivity index (χ0) is 15.8. The summed E-state index contributed by atoms with van der Waals surface area (Å²) in [5, 5.41) is 9.51. The summed E-state index contributed by atoms with van der Waals surface area (Å²) in [6, 6.07) is 0.338. The molecule has 0 aromatic carbocycles. The van der Waals surface area contributed by atoms with Gasteiger partial charge in [-0.25, -0.2) is 8.42 Å². The molecule has 0 saturated heterocycles. The van der Waals surface area contributed by atoms with Crippen molar-refractivity contribution in [3.63, 3.8) is 0 Å². The second-order valence-corrected chi connectivity index (χ2v) is 7.14. The number of hydrogen-bond acceptors (Lipinski definition) is 4. The van der Waals surface area contributed by atoms with Crippen molar-refractivity contribution >= 4 is 10.0 Å². The summed E-state index contributed by atoms with van der Waals surface area (Å²) < 4.78 is 62.1. The van der Waals surface area contributed by atoms with Crippen LogP contribution in [0.5, 0.6) is 0 Å². The second-order valence-electron chi connectivity index (χ2n) is 5.16. The molecule has 1 aromatic heterocycles. The second kappa shape index (κ2) is 5.58. The smallest absolute Gasteiger partial charge is 0.308 e. The lowest BCUT2D eigenvalue weighted by molar-refractivity contribution is -0.134. The van der Waals surface area contributed by atoms with Crippen LogP contribution in [0.1, 0.15) is 24.2 Å². The number of aromatic amines is 1. The summed E-state index contributed by atoms with van der Waals surface area (Å²) in [7, 11) is -3.33. The Balaban J connectivity index is 2.23. The molecule has 120 valence electrons.